The Kier molecular flexibility index (Phi) is 1.47. The van der Waals surface area contributed by atoms with Crippen LogP contribution in [0.15, 0.2) is 18.3 Å². The average Bonchev–Trinajstić information content (AvgIpc) is 2.55. The van der Waals surface area contributed by atoms with Gasteiger partial charge in [0, 0.05) is 13.6 Å². The maximum absolute atomic E-state index is 4.18. The van der Waals surface area contributed by atoms with Gasteiger partial charge in [0.2, 0.25) is 0 Å². The number of aromatic nitrogens is 3. The molecule has 1 aliphatic rings. The standard InChI is InChI=1S/C7H10N4/c1-11-9-5-7(10-11)6-3-2-4-8-6/h2-3,5-6,8H,4H2,1H3. The van der Waals surface area contributed by atoms with E-state index in [4.69, 9.17) is 0 Å². The molecule has 0 spiro atoms. The van der Waals surface area contributed by atoms with E-state index in [9.17, 15) is 0 Å². The van der Waals surface area contributed by atoms with E-state index in [-0.39, 0.29) is 6.04 Å². The molecule has 4 heteroatoms. The van der Waals surface area contributed by atoms with Gasteiger partial charge in [-0.05, 0) is 0 Å². The molecular weight excluding hydrogens is 140 g/mol. The Morgan fingerprint density at radius 2 is 2.64 bits per heavy atom. The van der Waals surface area contributed by atoms with Crippen LogP contribution >= 0.6 is 0 Å². The second-order valence-electron chi connectivity index (χ2n) is 2.57. The Bertz CT molecular complexity index is 276. The number of aryl methyl sites for hydroxylation is 1. The topological polar surface area (TPSA) is 42.7 Å². The number of nitrogens with zero attached hydrogens (tertiary/aromatic N) is 3. The van der Waals surface area contributed by atoms with Gasteiger partial charge in [0.25, 0.3) is 0 Å². The van der Waals surface area contributed by atoms with Crippen molar-refractivity contribution in [2.75, 3.05) is 6.54 Å². The summed E-state index contributed by atoms with van der Waals surface area (Å²) in [5.41, 5.74) is 0.987. The van der Waals surface area contributed by atoms with Crippen LogP contribution in [0, 0.1) is 0 Å². The highest BCUT2D eigenvalue weighted by atomic mass is 15.4. The third-order valence-corrected chi connectivity index (χ3v) is 1.72. The van der Waals surface area contributed by atoms with Crippen LogP contribution in [0.5, 0.6) is 0 Å². The molecule has 2 rings (SSSR count). The molecular formula is C7H10N4. The zero-order valence-electron chi connectivity index (χ0n) is 6.36. The van der Waals surface area contributed by atoms with Crippen molar-refractivity contribution in [2.24, 2.45) is 7.05 Å². The summed E-state index contributed by atoms with van der Waals surface area (Å²) < 4.78 is 0. The third-order valence-electron chi connectivity index (χ3n) is 1.72. The summed E-state index contributed by atoms with van der Waals surface area (Å²) in [5.74, 6) is 0. The lowest BCUT2D eigenvalue weighted by Gasteiger charge is -2.02. The zero-order chi connectivity index (χ0) is 7.68. The summed E-state index contributed by atoms with van der Waals surface area (Å²) in [7, 11) is 1.82. The Hall–Kier alpha value is -1.16. The van der Waals surface area contributed by atoms with Crippen molar-refractivity contribution < 1.29 is 0 Å². The van der Waals surface area contributed by atoms with E-state index in [1.807, 2.05) is 7.05 Å². The number of hydrogen-bond donors (Lipinski definition) is 1. The van der Waals surface area contributed by atoms with E-state index in [1.165, 1.54) is 0 Å². The molecule has 0 amide bonds. The van der Waals surface area contributed by atoms with Gasteiger partial charge >= 0.3 is 0 Å². The SMILES string of the molecule is Cn1ncc(C2C=CCN2)n1. The highest BCUT2D eigenvalue weighted by Crippen LogP contribution is 2.13. The summed E-state index contributed by atoms with van der Waals surface area (Å²) in [5, 5.41) is 11.4. The molecule has 0 saturated carbocycles. The molecule has 0 bridgehead atoms. The molecule has 1 unspecified atom stereocenters. The summed E-state index contributed by atoms with van der Waals surface area (Å²) >= 11 is 0. The summed E-state index contributed by atoms with van der Waals surface area (Å²) in [6.45, 7) is 0.932. The van der Waals surface area contributed by atoms with Gasteiger partial charge in [-0.25, -0.2) is 0 Å². The van der Waals surface area contributed by atoms with Gasteiger partial charge in [0.15, 0.2) is 0 Å². The first kappa shape index (κ1) is 6.54. The monoisotopic (exact) mass is 150 g/mol. The largest absolute Gasteiger partial charge is 0.302 e. The molecule has 0 radical (unpaired) electrons. The van der Waals surface area contributed by atoms with E-state index < -0.39 is 0 Å². The number of rotatable bonds is 1. The van der Waals surface area contributed by atoms with Crippen molar-refractivity contribution in [1.29, 1.82) is 0 Å². The minimum absolute atomic E-state index is 0.267. The van der Waals surface area contributed by atoms with Gasteiger partial charge in [-0.1, -0.05) is 12.2 Å². The number of nitrogens with one attached hydrogen (secondary N) is 1. The van der Waals surface area contributed by atoms with Gasteiger partial charge in [-0.15, -0.1) is 0 Å². The van der Waals surface area contributed by atoms with Crippen LogP contribution in [0.1, 0.15) is 11.7 Å². The van der Waals surface area contributed by atoms with Crippen LogP contribution in [-0.2, 0) is 7.05 Å². The van der Waals surface area contributed by atoms with Crippen LogP contribution in [0.3, 0.4) is 0 Å². The van der Waals surface area contributed by atoms with Gasteiger partial charge in [-0.2, -0.15) is 15.0 Å². The highest BCUT2D eigenvalue weighted by Gasteiger charge is 2.13. The van der Waals surface area contributed by atoms with Gasteiger partial charge in [0.1, 0.15) is 5.69 Å². The molecule has 1 atom stereocenters. The predicted octanol–water partition coefficient (Wildman–Crippen LogP) is 0.0156. The first-order chi connectivity index (χ1) is 5.36. The maximum atomic E-state index is 4.18. The van der Waals surface area contributed by atoms with Gasteiger partial charge < -0.3 is 5.32 Å². The fourth-order valence-corrected chi connectivity index (χ4v) is 1.17. The molecule has 0 saturated heterocycles. The maximum Gasteiger partial charge on any atom is 0.104 e. The molecule has 11 heavy (non-hydrogen) atoms. The van der Waals surface area contributed by atoms with Crippen molar-refractivity contribution in [2.45, 2.75) is 6.04 Å². The first-order valence-corrected chi connectivity index (χ1v) is 3.62. The van der Waals surface area contributed by atoms with Crippen molar-refractivity contribution >= 4 is 0 Å². The summed E-state index contributed by atoms with van der Waals surface area (Å²) in [4.78, 5) is 1.57. The lowest BCUT2D eigenvalue weighted by Crippen LogP contribution is -2.14. The van der Waals surface area contributed by atoms with Gasteiger partial charge in [-0.3, -0.25) is 0 Å². The fraction of sp³-hybridized carbons (Fsp3) is 0.429. The molecule has 1 aliphatic heterocycles. The molecule has 1 N–H and O–H groups in total. The van der Waals surface area contributed by atoms with Crippen LogP contribution in [0.4, 0.5) is 0 Å². The van der Waals surface area contributed by atoms with Crippen molar-refractivity contribution in [3.05, 3.63) is 24.0 Å². The van der Waals surface area contributed by atoms with E-state index >= 15 is 0 Å². The Balaban J connectivity index is 2.22. The highest BCUT2D eigenvalue weighted by molar-refractivity contribution is 5.14. The van der Waals surface area contributed by atoms with E-state index in [1.54, 1.807) is 11.0 Å². The first-order valence-electron chi connectivity index (χ1n) is 3.62. The minimum atomic E-state index is 0.267. The summed E-state index contributed by atoms with van der Waals surface area (Å²) in [6, 6.07) is 0.267. The normalized spacial score (nSPS) is 22.8. The molecule has 0 fully saturated rings. The minimum Gasteiger partial charge on any atom is -0.302 e. The van der Waals surface area contributed by atoms with E-state index in [0.717, 1.165) is 12.2 Å². The quantitative estimate of drug-likeness (QED) is 0.574. The average molecular weight is 150 g/mol. The zero-order valence-corrected chi connectivity index (χ0v) is 6.36. The van der Waals surface area contributed by atoms with Crippen LogP contribution in [-0.4, -0.2) is 21.5 Å². The van der Waals surface area contributed by atoms with Gasteiger partial charge in [0.05, 0.1) is 12.2 Å². The second-order valence-corrected chi connectivity index (χ2v) is 2.57. The Morgan fingerprint density at radius 1 is 1.73 bits per heavy atom. The number of hydrogen-bond acceptors (Lipinski definition) is 3. The van der Waals surface area contributed by atoms with Crippen LogP contribution < -0.4 is 5.32 Å². The molecule has 58 valence electrons. The van der Waals surface area contributed by atoms with Crippen molar-refractivity contribution in [1.82, 2.24) is 20.3 Å². The second kappa shape index (κ2) is 2.47. The molecule has 4 nitrogen and oxygen atoms in total. The van der Waals surface area contributed by atoms with Crippen molar-refractivity contribution in [3.63, 3.8) is 0 Å². The molecule has 2 heterocycles. The fourth-order valence-electron chi connectivity index (χ4n) is 1.17. The molecule has 0 aliphatic carbocycles. The molecule has 0 aromatic carbocycles. The van der Waals surface area contributed by atoms with Crippen LogP contribution in [0.2, 0.25) is 0 Å². The predicted molar refractivity (Wildman–Crippen MR) is 40.9 cm³/mol. The Morgan fingerprint density at radius 3 is 3.18 bits per heavy atom. The molecule has 1 aromatic heterocycles. The summed E-state index contributed by atoms with van der Waals surface area (Å²) in [6.07, 6.45) is 5.98. The lowest BCUT2D eigenvalue weighted by molar-refractivity contribution is 0.620. The van der Waals surface area contributed by atoms with E-state index in [0.29, 0.717) is 0 Å². The van der Waals surface area contributed by atoms with Crippen molar-refractivity contribution in [3.8, 4) is 0 Å². The third kappa shape index (κ3) is 1.17. The van der Waals surface area contributed by atoms with Crippen LogP contribution in [0.25, 0.3) is 0 Å². The smallest absolute Gasteiger partial charge is 0.104 e. The molecule has 1 aromatic rings. The Labute approximate surface area is 64.9 Å². The van der Waals surface area contributed by atoms with E-state index in [2.05, 4.69) is 27.7 Å². The lowest BCUT2D eigenvalue weighted by atomic mass is 10.2.